The maximum absolute atomic E-state index is 10.6. The third-order valence-corrected chi connectivity index (χ3v) is 3.49. The first-order valence-electron chi connectivity index (χ1n) is 6.25. The van der Waals surface area contributed by atoms with Crippen molar-refractivity contribution in [2.75, 3.05) is 0 Å². The summed E-state index contributed by atoms with van der Waals surface area (Å²) in [6, 6.07) is 14.4. The van der Waals surface area contributed by atoms with Gasteiger partial charge in [-0.2, -0.15) is 0 Å². The van der Waals surface area contributed by atoms with E-state index < -0.39 is 6.10 Å². The Morgan fingerprint density at radius 1 is 1.00 bits per heavy atom. The minimum atomic E-state index is -0.920. The highest BCUT2D eigenvalue weighted by molar-refractivity contribution is 6.34. The molecule has 1 atom stereocenters. The quantitative estimate of drug-likeness (QED) is 0.801. The van der Waals surface area contributed by atoms with E-state index in [9.17, 15) is 5.11 Å². The Labute approximate surface area is 131 Å². The van der Waals surface area contributed by atoms with E-state index in [0.29, 0.717) is 21.3 Å². The van der Waals surface area contributed by atoms with Crippen LogP contribution in [0.5, 0.6) is 0 Å². The van der Waals surface area contributed by atoms with Crippen LogP contribution in [-0.4, -0.2) is 20.1 Å². The third kappa shape index (κ3) is 2.93. The summed E-state index contributed by atoms with van der Waals surface area (Å²) in [5, 5.41) is 19.4. The molecule has 0 bridgehead atoms. The zero-order valence-electron chi connectivity index (χ0n) is 10.8. The highest BCUT2D eigenvalue weighted by Crippen LogP contribution is 2.28. The minimum Gasteiger partial charge on any atom is -0.382 e. The number of aliphatic hydroxyl groups is 1. The molecule has 3 aromatic rings. The number of nitrogens with zero attached hydrogens (tertiary/aromatic N) is 3. The Morgan fingerprint density at radius 3 is 2.33 bits per heavy atom. The lowest BCUT2D eigenvalue weighted by atomic mass is 10.1. The van der Waals surface area contributed by atoms with E-state index in [0.717, 1.165) is 5.69 Å². The number of aliphatic hydroxyl groups excluding tert-OH is 1. The molecule has 0 spiro atoms. The van der Waals surface area contributed by atoms with Gasteiger partial charge in [0.2, 0.25) is 0 Å². The van der Waals surface area contributed by atoms with E-state index in [1.165, 1.54) is 6.20 Å². The Morgan fingerprint density at radius 2 is 1.67 bits per heavy atom. The SMILES string of the molecule is OC(c1cc(Cl)cc(Cl)c1)c1cnnn1-c1ccccc1. The molecule has 0 saturated carbocycles. The van der Waals surface area contributed by atoms with Crippen LogP contribution < -0.4 is 0 Å². The number of rotatable bonds is 3. The first-order chi connectivity index (χ1) is 10.1. The Bertz CT molecular complexity index is 738. The molecule has 4 nitrogen and oxygen atoms in total. The molecule has 0 radical (unpaired) electrons. The van der Waals surface area contributed by atoms with Crippen LogP contribution in [0.15, 0.2) is 54.7 Å². The maximum atomic E-state index is 10.6. The van der Waals surface area contributed by atoms with Crippen LogP contribution in [-0.2, 0) is 0 Å². The predicted octanol–water partition coefficient (Wildman–Crippen LogP) is 3.66. The molecule has 1 N–H and O–H groups in total. The van der Waals surface area contributed by atoms with Crippen LogP contribution in [0.1, 0.15) is 17.4 Å². The molecule has 1 aromatic heterocycles. The van der Waals surface area contributed by atoms with Crippen LogP contribution in [0.2, 0.25) is 10.0 Å². The van der Waals surface area contributed by atoms with Gasteiger partial charge in [-0.15, -0.1) is 5.10 Å². The largest absolute Gasteiger partial charge is 0.382 e. The smallest absolute Gasteiger partial charge is 0.123 e. The fraction of sp³-hybridized carbons (Fsp3) is 0.0667. The number of aromatic nitrogens is 3. The molecule has 3 rings (SSSR count). The molecule has 1 heterocycles. The second-order valence-corrected chi connectivity index (χ2v) is 5.38. The first kappa shape index (κ1) is 14.1. The summed E-state index contributed by atoms with van der Waals surface area (Å²) in [6.45, 7) is 0. The summed E-state index contributed by atoms with van der Waals surface area (Å²) in [6.07, 6.45) is 0.600. The molecule has 1 unspecified atom stereocenters. The molecule has 0 aliphatic rings. The number of hydrogen-bond acceptors (Lipinski definition) is 3. The lowest BCUT2D eigenvalue weighted by Gasteiger charge is -2.13. The Hall–Kier alpha value is -1.88. The predicted molar refractivity (Wildman–Crippen MR) is 81.9 cm³/mol. The fourth-order valence-corrected chi connectivity index (χ4v) is 2.65. The van der Waals surface area contributed by atoms with Crippen molar-refractivity contribution in [2.45, 2.75) is 6.10 Å². The van der Waals surface area contributed by atoms with Gasteiger partial charge in [0.1, 0.15) is 6.10 Å². The van der Waals surface area contributed by atoms with Crippen LogP contribution in [0.25, 0.3) is 5.69 Å². The van der Waals surface area contributed by atoms with E-state index in [1.807, 2.05) is 30.3 Å². The Kier molecular flexibility index (Phi) is 3.92. The summed E-state index contributed by atoms with van der Waals surface area (Å²) in [4.78, 5) is 0. The van der Waals surface area contributed by atoms with E-state index in [2.05, 4.69) is 10.3 Å². The first-order valence-corrected chi connectivity index (χ1v) is 7.01. The lowest BCUT2D eigenvalue weighted by molar-refractivity contribution is 0.212. The third-order valence-electron chi connectivity index (χ3n) is 3.06. The van der Waals surface area contributed by atoms with Crippen LogP contribution >= 0.6 is 23.2 Å². The van der Waals surface area contributed by atoms with E-state index in [-0.39, 0.29) is 0 Å². The van der Waals surface area contributed by atoms with Crippen molar-refractivity contribution < 1.29 is 5.11 Å². The molecule has 21 heavy (non-hydrogen) atoms. The van der Waals surface area contributed by atoms with Gasteiger partial charge in [-0.25, -0.2) is 4.68 Å². The lowest BCUT2D eigenvalue weighted by Crippen LogP contribution is -2.08. The van der Waals surface area contributed by atoms with E-state index >= 15 is 0 Å². The second-order valence-electron chi connectivity index (χ2n) is 4.51. The second kappa shape index (κ2) is 5.85. The van der Waals surface area contributed by atoms with Gasteiger partial charge < -0.3 is 5.11 Å². The molecule has 0 aliphatic heterocycles. The molecule has 6 heteroatoms. The van der Waals surface area contributed by atoms with E-state index in [4.69, 9.17) is 23.2 Å². The highest BCUT2D eigenvalue weighted by atomic mass is 35.5. The average molecular weight is 320 g/mol. The summed E-state index contributed by atoms with van der Waals surface area (Å²) in [5.41, 5.74) is 1.95. The summed E-state index contributed by atoms with van der Waals surface area (Å²) >= 11 is 12.0. The normalized spacial score (nSPS) is 12.3. The van der Waals surface area contributed by atoms with Gasteiger partial charge in [-0.3, -0.25) is 0 Å². The van der Waals surface area contributed by atoms with Gasteiger partial charge >= 0.3 is 0 Å². The molecular weight excluding hydrogens is 309 g/mol. The van der Waals surface area contributed by atoms with Gasteiger partial charge in [0.15, 0.2) is 0 Å². The van der Waals surface area contributed by atoms with Crippen molar-refractivity contribution >= 4 is 23.2 Å². The van der Waals surface area contributed by atoms with Gasteiger partial charge in [0, 0.05) is 10.0 Å². The average Bonchev–Trinajstić information content (AvgIpc) is 2.95. The summed E-state index contributed by atoms with van der Waals surface area (Å²) < 4.78 is 1.58. The van der Waals surface area contributed by atoms with Gasteiger partial charge in [0.05, 0.1) is 17.6 Å². The fourth-order valence-electron chi connectivity index (χ4n) is 2.10. The molecule has 2 aromatic carbocycles. The van der Waals surface area contributed by atoms with Crippen molar-refractivity contribution in [1.82, 2.24) is 15.0 Å². The molecule has 0 fully saturated rings. The highest BCUT2D eigenvalue weighted by Gasteiger charge is 2.18. The molecule has 106 valence electrons. The zero-order chi connectivity index (χ0) is 14.8. The van der Waals surface area contributed by atoms with Crippen molar-refractivity contribution in [1.29, 1.82) is 0 Å². The van der Waals surface area contributed by atoms with Crippen molar-refractivity contribution in [2.24, 2.45) is 0 Å². The standard InChI is InChI=1S/C15H11Cl2N3O/c16-11-6-10(7-12(17)8-11)15(21)14-9-18-19-20(14)13-4-2-1-3-5-13/h1-9,15,21H. The van der Waals surface area contributed by atoms with Crippen LogP contribution in [0.4, 0.5) is 0 Å². The molecule has 0 saturated heterocycles. The zero-order valence-corrected chi connectivity index (χ0v) is 12.3. The van der Waals surface area contributed by atoms with Crippen LogP contribution in [0.3, 0.4) is 0 Å². The Balaban J connectivity index is 2.03. The summed E-state index contributed by atoms with van der Waals surface area (Å²) in [5.74, 6) is 0. The number of para-hydroxylation sites is 1. The number of benzene rings is 2. The molecule has 0 aliphatic carbocycles. The van der Waals surface area contributed by atoms with Crippen molar-refractivity contribution in [3.63, 3.8) is 0 Å². The van der Waals surface area contributed by atoms with Crippen molar-refractivity contribution in [3.05, 3.63) is 76.0 Å². The van der Waals surface area contributed by atoms with Gasteiger partial charge in [-0.1, -0.05) is 46.6 Å². The maximum Gasteiger partial charge on any atom is 0.123 e. The molecular formula is C15H11Cl2N3O. The van der Waals surface area contributed by atoms with Crippen LogP contribution in [0, 0.1) is 0 Å². The monoisotopic (exact) mass is 319 g/mol. The number of hydrogen-bond donors (Lipinski definition) is 1. The van der Waals surface area contributed by atoms with Crippen molar-refractivity contribution in [3.8, 4) is 5.69 Å². The minimum absolute atomic E-state index is 0.468. The summed E-state index contributed by atoms with van der Waals surface area (Å²) in [7, 11) is 0. The van der Waals surface area contributed by atoms with Gasteiger partial charge in [0.25, 0.3) is 0 Å². The molecule has 0 amide bonds. The van der Waals surface area contributed by atoms with E-state index in [1.54, 1.807) is 22.9 Å². The van der Waals surface area contributed by atoms with Gasteiger partial charge in [-0.05, 0) is 35.9 Å². The number of halogens is 2. The topological polar surface area (TPSA) is 50.9 Å².